The van der Waals surface area contributed by atoms with E-state index in [-0.39, 0.29) is 23.6 Å². The SMILES string of the molecule is CCOC(=O)C(C(=O)C1CCCCCCC1)C(C)C. The Hall–Kier alpha value is -0.860. The zero-order chi connectivity index (χ0) is 14.3. The molecule has 0 N–H and O–H groups in total. The molecule has 1 unspecified atom stereocenters. The summed E-state index contributed by atoms with van der Waals surface area (Å²) in [4.78, 5) is 24.6. The lowest BCUT2D eigenvalue weighted by molar-refractivity contribution is -0.154. The predicted octanol–water partition coefficient (Wildman–Crippen LogP) is 3.75. The molecule has 3 nitrogen and oxygen atoms in total. The Balaban J connectivity index is 2.70. The van der Waals surface area contributed by atoms with Crippen molar-refractivity contribution >= 4 is 11.8 Å². The van der Waals surface area contributed by atoms with E-state index in [9.17, 15) is 9.59 Å². The fourth-order valence-corrected chi connectivity index (χ4v) is 2.94. The summed E-state index contributed by atoms with van der Waals surface area (Å²) in [6.45, 7) is 6.00. The van der Waals surface area contributed by atoms with E-state index in [0.29, 0.717) is 6.61 Å². The third-order valence-electron chi connectivity index (χ3n) is 4.02. The van der Waals surface area contributed by atoms with Crippen molar-refractivity contribution in [1.82, 2.24) is 0 Å². The van der Waals surface area contributed by atoms with Gasteiger partial charge in [-0.3, -0.25) is 9.59 Å². The molecule has 3 heteroatoms. The minimum absolute atomic E-state index is 0.0250. The first-order valence-corrected chi connectivity index (χ1v) is 7.78. The lowest BCUT2D eigenvalue weighted by Gasteiger charge is -2.25. The predicted molar refractivity (Wildman–Crippen MR) is 75.8 cm³/mol. The molecule has 0 saturated heterocycles. The van der Waals surface area contributed by atoms with Gasteiger partial charge in [0.1, 0.15) is 11.7 Å². The van der Waals surface area contributed by atoms with Gasteiger partial charge < -0.3 is 4.74 Å². The molecular weight excluding hydrogens is 240 g/mol. The molecule has 1 fully saturated rings. The second-order valence-corrected chi connectivity index (χ2v) is 5.92. The minimum Gasteiger partial charge on any atom is -0.465 e. The average Bonchev–Trinajstić information content (AvgIpc) is 2.27. The van der Waals surface area contributed by atoms with E-state index < -0.39 is 5.92 Å². The van der Waals surface area contributed by atoms with Gasteiger partial charge in [0.2, 0.25) is 0 Å². The van der Waals surface area contributed by atoms with Crippen molar-refractivity contribution in [3.05, 3.63) is 0 Å². The van der Waals surface area contributed by atoms with Crippen molar-refractivity contribution in [3.8, 4) is 0 Å². The largest absolute Gasteiger partial charge is 0.465 e. The fraction of sp³-hybridized carbons (Fsp3) is 0.875. The first-order valence-electron chi connectivity index (χ1n) is 7.78. The maximum absolute atomic E-state index is 12.6. The van der Waals surface area contributed by atoms with Gasteiger partial charge in [-0.1, -0.05) is 46.0 Å². The van der Waals surface area contributed by atoms with Crippen molar-refractivity contribution < 1.29 is 14.3 Å². The molecule has 0 aliphatic heterocycles. The molecule has 1 atom stereocenters. The van der Waals surface area contributed by atoms with Crippen LogP contribution in [0.4, 0.5) is 0 Å². The molecule has 110 valence electrons. The zero-order valence-electron chi connectivity index (χ0n) is 12.6. The molecule has 0 aromatic heterocycles. The van der Waals surface area contributed by atoms with E-state index >= 15 is 0 Å². The number of carbonyl (C=O) groups is 2. The smallest absolute Gasteiger partial charge is 0.316 e. The lowest BCUT2D eigenvalue weighted by atomic mass is 9.79. The normalized spacial score (nSPS) is 19.6. The van der Waals surface area contributed by atoms with E-state index in [2.05, 4.69) is 0 Å². The highest BCUT2D eigenvalue weighted by molar-refractivity contribution is 6.00. The first-order chi connectivity index (χ1) is 9.07. The van der Waals surface area contributed by atoms with Crippen molar-refractivity contribution in [2.45, 2.75) is 65.7 Å². The van der Waals surface area contributed by atoms with Crippen LogP contribution in [-0.2, 0) is 14.3 Å². The summed E-state index contributed by atoms with van der Waals surface area (Å²) in [5, 5.41) is 0. The van der Waals surface area contributed by atoms with Crippen molar-refractivity contribution in [3.63, 3.8) is 0 Å². The number of Topliss-reactive ketones (excluding diaryl/α,β-unsaturated/α-hetero) is 1. The molecule has 0 aromatic rings. The standard InChI is InChI=1S/C16H28O3/c1-4-19-16(18)14(12(2)3)15(17)13-10-8-6-5-7-9-11-13/h12-14H,4-11H2,1-3H3. The van der Waals surface area contributed by atoms with Crippen LogP contribution in [-0.4, -0.2) is 18.4 Å². The highest BCUT2D eigenvalue weighted by atomic mass is 16.5. The van der Waals surface area contributed by atoms with Gasteiger partial charge in [-0.15, -0.1) is 0 Å². The monoisotopic (exact) mass is 268 g/mol. The second kappa shape index (κ2) is 8.34. The summed E-state index contributed by atoms with van der Waals surface area (Å²) in [5.41, 5.74) is 0. The average molecular weight is 268 g/mol. The third-order valence-corrected chi connectivity index (χ3v) is 4.02. The quantitative estimate of drug-likeness (QED) is 0.563. The van der Waals surface area contributed by atoms with E-state index in [4.69, 9.17) is 4.74 Å². The number of ether oxygens (including phenoxy) is 1. The third kappa shape index (κ3) is 4.96. The molecule has 19 heavy (non-hydrogen) atoms. The lowest BCUT2D eigenvalue weighted by Crippen LogP contribution is -2.35. The Kier molecular flexibility index (Phi) is 7.11. The highest BCUT2D eigenvalue weighted by Gasteiger charge is 2.35. The minimum atomic E-state index is -0.565. The summed E-state index contributed by atoms with van der Waals surface area (Å²) < 4.78 is 5.07. The Morgan fingerprint density at radius 1 is 1.05 bits per heavy atom. The Morgan fingerprint density at radius 2 is 1.58 bits per heavy atom. The first kappa shape index (κ1) is 16.2. The maximum Gasteiger partial charge on any atom is 0.316 e. The van der Waals surface area contributed by atoms with Crippen LogP contribution < -0.4 is 0 Å². The zero-order valence-corrected chi connectivity index (χ0v) is 12.6. The number of ketones is 1. The van der Waals surface area contributed by atoms with Crippen LogP contribution in [0.25, 0.3) is 0 Å². The van der Waals surface area contributed by atoms with Gasteiger partial charge in [0.25, 0.3) is 0 Å². The molecule has 0 spiro atoms. The summed E-state index contributed by atoms with van der Waals surface area (Å²) in [6.07, 6.45) is 7.84. The van der Waals surface area contributed by atoms with Crippen LogP contribution in [0.3, 0.4) is 0 Å². The molecule has 1 rings (SSSR count). The van der Waals surface area contributed by atoms with Crippen LogP contribution in [0.5, 0.6) is 0 Å². The van der Waals surface area contributed by atoms with E-state index in [1.54, 1.807) is 6.92 Å². The summed E-state index contributed by atoms with van der Waals surface area (Å²) in [7, 11) is 0. The van der Waals surface area contributed by atoms with Crippen LogP contribution in [0.1, 0.15) is 65.7 Å². The van der Waals surface area contributed by atoms with Crippen LogP contribution >= 0.6 is 0 Å². The molecule has 1 saturated carbocycles. The molecule has 0 bridgehead atoms. The summed E-state index contributed by atoms with van der Waals surface area (Å²) >= 11 is 0. The molecule has 0 heterocycles. The van der Waals surface area contributed by atoms with Gasteiger partial charge in [0.05, 0.1) is 6.61 Å². The summed E-state index contributed by atoms with van der Waals surface area (Å²) in [5.74, 6) is -0.682. The highest BCUT2D eigenvalue weighted by Crippen LogP contribution is 2.28. The fourth-order valence-electron chi connectivity index (χ4n) is 2.94. The van der Waals surface area contributed by atoms with Gasteiger partial charge in [-0.25, -0.2) is 0 Å². The van der Waals surface area contributed by atoms with E-state index in [0.717, 1.165) is 25.7 Å². The van der Waals surface area contributed by atoms with E-state index in [1.165, 1.54) is 19.3 Å². The van der Waals surface area contributed by atoms with Crippen LogP contribution in [0.2, 0.25) is 0 Å². The number of hydrogen-bond acceptors (Lipinski definition) is 3. The molecule has 1 aliphatic carbocycles. The Morgan fingerprint density at radius 3 is 2.05 bits per heavy atom. The Bertz CT molecular complexity index is 288. The van der Waals surface area contributed by atoms with Gasteiger partial charge in [-0.05, 0) is 25.7 Å². The number of esters is 1. The van der Waals surface area contributed by atoms with Crippen molar-refractivity contribution in [2.24, 2.45) is 17.8 Å². The van der Waals surface area contributed by atoms with Crippen molar-refractivity contribution in [2.75, 3.05) is 6.61 Å². The van der Waals surface area contributed by atoms with Gasteiger partial charge in [0.15, 0.2) is 0 Å². The van der Waals surface area contributed by atoms with Crippen molar-refractivity contribution in [1.29, 1.82) is 0 Å². The Labute approximate surface area is 117 Å². The summed E-state index contributed by atoms with van der Waals surface area (Å²) in [6, 6.07) is 0. The molecular formula is C16H28O3. The van der Waals surface area contributed by atoms with Crippen LogP contribution in [0.15, 0.2) is 0 Å². The molecule has 0 radical (unpaired) electrons. The second-order valence-electron chi connectivity index (χ2n) is 5.92. The number of rotatable bonds is 5. The van der Waals surface area contributed by atoms with Gasteiger partial charge in [-0.2, -0.15) is 0 Å². The van der Waals surface area contributed by atoms with E-state index in [1.807, 2.05) is 13.8 Å². The van der Waals surface area contributed by atoms with Gasteiger partial charge >= 0.3 is 5.97 Å². The topological polar surface area (TPSA) is 43.4 Å². The van der Waals surface area contributed by atoms with Gasteiger partial charge in [0, 0.05) is 5.92 Å². The molecule has 1 aliphatic rings. The number of carbonyl (C=O) groups excluding carboxylic acids is 2. The number of hydrogen-bond donors (Lipinski definition) is 0. The molecule has 0 aromatic carbocycles. The maximum atomic E-state index is 12.6. The molecule has 0 amide bonds. The van der Waals surface area contributed by atoms with Crippen LogP contribution in [0, 0.1) is 17.8 Å².